The number of fused-ring (bicyclic) bond motifs is 2. The molecule has 1 unspecified atom stereocenters. The van der Waals surface area contributed by atoms with Crippen molar-refractivity contribution in [1.29, 1.82) is 10.8 Å². The lowest BCUT2D eigenvalue weighted by atomic mass is 9.80. The Hall–Kier alpha value is -6.30. The Balaban J connectivity index is 1.28. The third-order valence-electron chi connectivity index (χ3n) is 14.2. The van der Waals surface area contributed by atoms with Gasteiger partial charge in [-0.1, -0.05) is 32.9 Å². The van der Waals surface area contributed by atoms with Gasteiger partial charge in [0.2, 0.25) is 23.7 Å². The number of sulfonamides is 2. The first-order valence-corrected chi connectivity index (χ1v) is 29.3. The molecule has 0 fully saturated rings. The summed E-state index contributed by atoms with van der Waals surface area (Å²) in [4.78, 5) is 51.9. The van der Waals surface area contributed by atoms with Crippen LogP contribution in [0.1, 0.15) is 152 Å². The molecule has 0 spiro atoms. The van der Waals surface area contributed by atoms with Crippen molar-refractivity contribution in [3.63, 3.8) is 0 Å². The summed E-state index contributed by atoms with van der Waals surface area (Å²) in [6.45, 7) is 30.0. The Kier molecular flexibility index (Phi) is 20.4. The molecule has 0 saturated heterocycles. The zero-order valence-electron chi connectivity index (χ0n) is 48.4. The highest BCUT2D eigenvalue weighted by atomic mass is 32.2. The highest BCUT2D eigenvalue weighted by Crippen LogP contribution is 2.45. The van der Waals surface area contributed by atoms with E-state index in [-0.39, 0.29) is 61.1 Å². The highest BCUT2D eigenvalue weighted by molar-refractivity contribution is 7.90. The van der Waals surface area contributed by atoms with Crippen molar-refractivity contribution in [3.8, 4) is 11.5 Å². The number of guanidine groups is 2. The number of hydrogen-bond donors (Lipinski definition) is 11. The number of carbonyl (C=O) groups is 4. The van der Waals surface area contributed by atoms with Gasteiger partial charge in [0.1, 0.15) is 34.8 Å². The molecule has 2 aromatic carbocycles. The van der Waals surface area contributed by atoms with Crippen LogP contribution in [0.15, 0.2) is 21.9 Å². The van der Waals surface area contributed by atoms with E-state index in [2.05, 4.69) is 36.0 Å². The molecule has 2 heterocycles. The van der Waals surface area contributed by atoms with Crippen LogP contribution in [0.4, 0.5) is 9.59 Å². The minimum atomic E-state index is -4.30. The molecular formula is C54H86N10O12S2. The number of nitrogens with one attached hydrogen (secondary N) is 9. The van der Waals surface area contributed by atoms with Crippen LogP contribution in [0.25, 0.3) is 0 Å². The first-order chi connectivity index (χ1) is 35.7. The number of benzene rings is 2. The average Bonchev–Trinajstić information content (AvgIpc) is 3.80. The Morgan fingerprint density at radius 3 is 1.42 bits per heavy atom. The van der Waals surface area contributed by atoms with Crippen LogP contribution in [0, 0.1) is 57.8 Å². The second-order valence-corrected chi connectivity index (χ2v) is 27.0. The first-order valence-electron chi connectivity index (χ1n) is 26.3. The van der Waals surface area contributed by atoms with Gasteiger partial charge >= 0.3 is 12.2 Å². The van der Waals surface area contributed by atoms with Gasteiger partial charge in [0.25, 0.3) is 20.0 Å². The maximum atomic E-state index is 14.3. The molecule has 0 aromatic heterocycles. The van der Waals surface area contributed by atoms with Gasteiger partial charge in [-0.25, -0.2) is 35.9 Å². The van der Waals surface area contributed by atoms with E-state index in [1.807, 2.05) is 76.2 Å². The van der Waals surface area contributed by atoms with Crippen molar-refractivity contribution in [2.45, 2.75) is 207 Å². The van der Waals surface area contributed by atoms with Crippen molar-refractivity contribution < 1.29 is 55.7 Å². The van der Waals surface area contributed by atoms with Gasteiger partial charge < -0.3 is 51.2 Å². The maximum Gasteiger partial charge on any atom is 0.405 e. The summed E-state index contributed by atoms with van der Waals surface area (Å²) in [5, 5.41) is 49.4. The smallest absolute Gasteiger partial charge is 0.405 e. The van der Waals surface area contributed by atoms with E-state index in [0.29, 0.717) is 70.6 Å². The monoisotopic (exact) mass is 1130 g/mol. The van der Waals surface area contributed by atoms with E-state index >= 15 is 0 Å². The average molecular weight is 1130 g/mol. The minimum absolute atomic E-state index is 0.0185. The third-order valence-corrected chi connectivity index (χ3v) is 17.4. The maximum absolute atomic E-state index is 14.3. The summed E-state index contributed by atoms with van der Waals surface area (Å²) in [6.07, 6.45) is 2.93. The number of nitrogens with zero attached hydrogens (tertiary/aromatic N) is 1. The van der Waals surface area contributed by atoms with Crippen molar-refractivity contribution >= 4 is 56.0 Å². The normalized spacial score (nSPS) is 15.8. The summed E-state index contributed by atoms with van der Waals surface area (Å²) in [7, 11) is -8.46. The van der Waals surface area contributed by atoms with E-state index in [9.17, 15) is 51.6 Å². The molecule has 436 valence electrons. The zero-order chi connectivity index (χ0) is 59.3. The topological polar surface area (TPSA) is 331 Å². The van der Waals surface area contributed by atoms with Gasteiger partial charge in [0.05, 0.1) is 9.79 Å². The Labute approximate surface area is 461 Å². The van der Waals surface area contributed by atoms with E-state index in [0.717, 1.165) is 11.1 Å². The van der Waals surface area contributed by atoms with Crippen LogP contribution in [0.3, 0.4) is 0 Å². The van der Waals surface area contributed by atoms with Gasteiger partial charge in [0.15, 0.2) is 0 Å². The Morgan fingerprint density at radius 2 is 1.03 bits per heavy atom. The molecule has 2 aromatic rings. The number of ether oxygens (including phenoxy) is 2. The minimum Gasteiger partial charge on any atom is -0.487 e. The van der Waals surface area contributed by atoms with Gasteiger partial charge in [0, 0.05) is 55.2 Å². The van der Waals surface area contributed by atoms with Crippen LogP contribution >= 0.6 is 0 Å². The summed E-state index contributed by atoms with van der Waals surface area (Å²) >= 11 is 0. The fraction of sp³-hybridized carbons (Fsp3) is 0.630. The quantitative estimate of drug-likeness (QED) is 0.0256. The molecular weight excluding hydrogens is 1040 g/mol. The van der Waals surface area contributed by atoms with Crippen LogP contribution < -0.4 is 45.5 Å². The summed E-state index contributed by atoms with van der Waals surface area (Å²) in [6, 6.07) is -2.88. The van der Waals surface area contributed by atoms with Gasteiger partial charge in [-0.15, -0.1) is 0 Å². The second kappa shape index (κ2) is 24.8. The van der Waals surface area contributed by atoms with Crippen LogP contribution in [0.5, 0.6) is 11.5 Å². The van der Waals surface area contributed by atoms with Gasteiger partial charge in [-0.3, -0.25) is 20.4 Å². The van der Waals surface area contributed by atoms with E-state index in [1.165, 1.54) is 0 Å². The Morgan fingerprint density at radius 1 is 0.615 bits per heavy atom. The first kappa shape index (κ1) is 64.2. The summed E-state index contributed by atoms with van der Waals surface area (Å²) in [5.41, 5.74) is 2.78. The Bertz CT molecular complexity index is 2910. The number of hydrogen-bond acceptors (Lipinski definition) is 12. The van der Waals surface area contributed by atoms with Crippen molar-refractivity contribution in [2.75, 3.05) is 19.6 Å². The zero-order valence-corrected chi connectivity index (χ0v) is 50.0. The predicted octanol–water partition coefficient (Wildman–Crippen LogP) is 6.60. The number of rotatable bonds is 22. The van der Waals surface area contributed by atoms with Crippen molar-refractivity contribution in [3.05, 3.63) is 56.7 Å². The van der Waals surface area contributed by atoms with Crippen LogP contribution in [0.2, 0.25) is 0 Å². The lowest BCUT2D eigenvalue weighted by Gasteiger charge is -2.48. The summed E-state index contributed by atoms with van der Waals surface area (Å²) in [5.74, 6) is -0.642. The van der Waals surface area contributed by atoms with Crippen LogP contribution in [-0.2, 0) is 42.5 Å². The van der Waals surface area contributed by atoms with E-state index in [1.54, 1.807) is 51.7 Å². The van der Waals surface area contributed by atoms with Crippen molar-refractivity contribution in [1.82, 2.24) is 40.9 Å². The lowest BCUT2D eigenvalue weighted by Crippen LogP contribution is -2.60. The second-order valence-electron chi connectivity index (χ2n) is 23.7. The molecule has 4 rings (SSSR count). The third kappa shape index (κ3) is 16.2. The van der Waals surface area contributed by atoms with Gasteiger partial charge in [-0.2, -0.15) is 0 Å². The molecule has 0 aliphatic carbocycles. The fourth-order valence-electron chi connectivity index (χ4n) is 10.4. The predicted molar refractivity (Wildman–Crippen MR) is 300 cm³/mol. The molecule has 78 heavy (non-hydrogen) atoms. The van der Waals surface area contributed by atoms with Crippen LogP contribution in [-0.4, -0.2) is 122 Å². The SMILES string of the molecule is Cc1c(C)c(S(=O)(=O)NC(=N)NCCC[C@H](NC(=O)O)C(=O)NCCC=CCCNC(=O)[C@H](CCC(N(C(=N)NS(=O)(=O)c2c(C)c(C)c3c(c2C)CC(C)(C)O3)C(C)(C)C)C(C)(C)C)NC(=O)O)c(C)c2c1OC(C)(C)C2. The molecule has 2 aliphatic rings. The fourth-order valence-corrected chi connectivity index (χ4v) is 13.4. The molecule has 0 radical (unpaired) electrons. The standard InChI is InChI=1S/C54H86N10O12S2/c1-30-32(3)43(34(5)36-28-53(13,14)75-41(30)36)77(71,72)62-47(55)59-27-21-22-38(60-49(67)68)45(65)57-25-19-17-18-20-26-58-46(66)39(61-50(69)70)23-24-40(51(7,8)9)64(52(10,11)12)48(56)63-78(73,74)44-33(4)31(2)42-37(35(44)6)29-54(15,16)76-42/h17-18,38-40,60-61H,19-29H2,1-16H3,(H2,56,63)(H,57,65)(H,58,66)(H,67,68)(H,69,70)(H3,55,59,62)/t38-,39-,40?/m0/s1. The number of amides is 4. The molecule has 22 nitrogen and oxygen atoms in total. The largest absolute Gasteiger partial charge is 0.487 e. The highest BCUT2D eigenvalue weighted by Gasteiger charge is 2.42. The number of carbonyl (C=O) groups excluding carboxylic acids is 2. The molecule has 4 amide bonds. The summed E-state index contributed by atoms with van der Waals surface area (Å²) < 4.78 is 72.8. The molecule has 0 bridgehead atoms. The number of carboxylic acid groups (broad SMARTS) is 2. The van der Waals surface area contributed by atoms with Gasteiger partial charge in [-0.05, 0) is 167 Å². The van der Waals surface area contributed by atoms with E-state index < -0.39 is 90.3 Å². The molecule has 2 aliphatic heterocycles. The van der Waals surface area contributed by atoms with E-state index in [4.69, 9.17) is 14.9 Å². The molecule has 24 heteroatoms. The lowest BCUT2D eigenvalue weighted by molar-refractivity contribution is -0.124. The molecule has 0 saturated carbocycles. The molecule has 3 atom stereocenters. The molecule has 11 N–H and O–H groups in total. The van der Waals surface area contributed by atoms with Crippen molar-refractivity contribution in [2.24, 2.45) is 5.41 Å².